The number of fused-ring (bicyclic) bond motifs is 2. The second-order valence-corrected chi connectivity index (χ2v) is 9.19. The molecule has 4 aromatic rings. The predicted octanol–water partition coefficient (Wildman–Crippen LogP) is 4.08. The third-order valence-electron chi connectivity index (χ3n) is 6.89. The van der Waals surface area contributed by atoms with Crippen LogP contribution in [0.2, 0.25) is 0 Å². The van der Waals surface area contributed by atoms with E-state index in [1.165, 1.54) is 16.1 Å². The van der Waals surface area contributed by atoms with Crippen molar-refractivity contribution in [1.82, 2.24) is 10.0 Å². The first kappa shape index (κ1) is 24.1. The summed E-state index contributed by atoms with van der Waals surface area (Å²) in [6, 6.07) is 30.7. The number of imide groups is 1. The molecule has 0 fully saturated rings. The fourth-order valence-electron chi connectivity index (χ4n) is 4.95. The topological polar surface area (TPSA) is 110 Å². The molecule has 0 saturated heterocycles. The van der Waals surface area contributed by atoms with E-state index in [0.29, 0.717) is 21.7 Å². The predicted molar refractivity (Wildman–Crippen MR) is 140 cm³/mol. The van der Waals surface area contributed by atoms with E-state index in [4.69, 9.17) is 11.7 Å². The SMILES string of the molecule is Cc1ccc(C2(c3ccc(C)cc3)c3ccccc3C(=O)N2N)cc1.NN1C(=O)c2ccccc2C1=O. The van der Waals surface area contributed by atoms with Crippen molar-refractivity contribution in [2.24, 2.45) is 11.7 Å². The van der Waals surface area contributed by atoms with Gasteiger partial charge in [0.05, 0.1) is 11.1 Å². The van der Waals surface area contributed by atoms with E-state index in [1.807, 2.05) is 24.3 Å². The van der Waals surface area contributed by atoms with E-state index < -0.39 is 17.4 Å². The van der Waals surface area contributed by atoms with E-state index in [9.17, 15) is 14.4 Å². The summed E-state index contributed by atoms with van der Waals surface area (Å²) in [5.41, 5.74) is 5.85. The van der Waals surface area contributed by atoms with Crippen molar-refractivity contribution in [3.05, 3.63) is 142 Å². The summed E-state index contributed by atoms with van der Waals surface area (Å²) in [6.45, 7) is 4.10. The Kier molecular flexibility index (Phi) is 5.95. The number of carbonyl (C=O) groups is 3. The Morgan fingerprint density at radius 2 is 0.946 bits per heavy atom. The maximum absolute atomic E-state index is 12.9. The first-order valence-electron chi connectivity index (χ1n) is 11.8. The number of nitrogens with zero attached hydrogens (tertiary/aromatic N) is 2. The molecule has 0 aromatic heterocycles. The van der Waals surface area contributed by atoms with E-state index in [0.717, 1.165) is 16.7 Å². The molecule has 0 radical (unpaired) electrons. The Morgan fingerprint density at radius 1 is 0.541 bits per heavy atom. The maximum atomic E-state index is 12.9. The molecule has 0 spiro atoms. The van der Waals surface area contributed by atoms with Crippen LogP contribution in [-0.2, 0) is 5.54 Å². The van der Waals surface area contributed by atoms with Crippen LogP contribution >= 0.6 is 0 Å². The molecule has 2 heterocycles. The van der Waals surface area contributed by atoms with Gasteiger partial charge in [0.2, 0.25) is 0 Å². The molecule has 0 aliphatic carbocycles. The smallest absolute Gasteiger partial charge is 0.268 e. The number of hydrogen-bond donors (Lipinski definition) is 2. The highest BCUT2D eigenvalue weighted by Gasteiger charge is 2.51. The molecule has 7 heteroatoms. The summed E-state index contributed by atoms with van der Waals surface area (Å²) in [6.07, 6.45) is 0. The number of hydrogen-bond acceptors (Lipinski definition) is 5. The highest BCUT2D eigenvalue weighted by molar-refractivity contribution is 6.20. The van der Waals surface area contributed by atoms with Gasteiger partial charge in [-0.25, -0.2) is 16.7 Å². The molecule has 6 rings (SSSR count). The van der Waals surface area contributed by atoms with E-state index >= 15 is 0 Å². The van der Waals surface area contributed by atoms with Crippen LogP contribution < -0.4 is 11.7 Å². The van der Waals surface area contributed by atoms with Gasteiger partial charge >= 0.3 is 0 Å². The molecule has 3 amide bonds. The van der Waals surface area contributed by atoms with Crippen molar-refractivity contribution >= 4 is 17.7 Å². The van der Waals surface area contributed by atoms with Gasteiger partial charge in [-0.2, -0.15) is 0 Å². The molecule has 2 aliphatic rings. The van der Waals surface area contributed by atoms with Gasteiger partial charge in [-0.05, 0) is 43.2 Å². The molecule has 0 saturated carbocycles. The zero-order chi connectivity index (χ0) is 26.3. The van der Waals surface area contributed by atoms with Crippen molar-refractivity contribution in [2.45, 2.75) is 19.4 Å². The van der Waals surface area contributed by atoms with Gasteiger partial charge in [0.25, 0.3) is 17.7 Å². The summed E-state index contributed by atoms with van der Waals surface area (Å²) in [4.78, 5) is 35.3. The lowest BCUT2D eigenvalue weighted by atomic mass is 9.77. The number of amides is 3. The average molecular weight is 491 g/mol. The zero-order valence-electron chi connectivity index (χ0n) is 20.5. The van der Waals surface area contributed by atoms with Crippen molar-refractivity contribution in [2.75, 3.05) is 0 Å². The summed E-state index contributed by atoms with van der Waals surface area (Å²) in [5, 5.41) is 2.01. The molecule has 7 nitrogen and oxygen atoms in total. The molecule has 37 heavy (non-hydrogen) atoms. The van der Waals surface area contributed by atoms with Crippen molar-refractivity contribution in [3.8, 4) is 0 Å². The second kappa shape index (κ2) is 9.13. The molecule has 4 N–H and O–H groups in total. The molecular weight excluding hydrogens is 464 g/mol. The van der Waals surface area contributed by atoms with E-state index in [2.05, 4.69) is 62.4 Å². The number of rotatable bonds is 2. The van der Waals surface area contributed by atoms with Crippen molar-refractivity contribution in [3.63, 3.8) is 0 Å². The van der Waals surface area contributed by atoms with Gasteiger partial charge in [-0.1, -0.05) is 90.0 Å². The number of nitrogens with two attached hydrogens (primary N) is 2. The molecular formula is C30H26N4O3. The quantitative estimate of drug-likeness (QED) is 0.250. The Hall–Kier alpha value is -4.59. The maximum Gasteiger partial charge on any atom is 0.275 e. The van der Waals surface area contributed by atoms with Crippen LogP contribution in [0.25, 0.3) is 0 Å². The number of carbonyl (C=O) groups excluding carboxylic acids is 3. The van der Waals surface area contributed by atoms with Crippen LogP contribution in [0.5, 0.6) is 0 Å². The fraction of sp³-hybridized carbons (Fsp3) is 0.100. The van der Waals surface area contributed by atoms with Crippen LogP contribution in [0.4, 0.5) is 0 Å². The van der Waals surface area contributed by atoms with Crippen molar-refractivity contribution in [1.29, 1.82) is 0 Å². The lowest BCUT2D eigenvalue weighted by molar-refractivity contribution is 0.0650. The van der Waals surface area contributed by atoms with Gasteiger partial charge < -0.3 is 0 Å². The Balaban J connectivity index is 0.000000195. The standard InChI is InChI=1S/C22H20N2O.C8H6N2O2/c1-15-7-11-17(12-8-15)22(18-13-9-16(2)10-14-18)20-6-4-3-5-19(20)21(25)24(22)23;9-10-7(11)5-3-1-2-4-6(5)8(10)12/h3-14H,23H2,1-2H3;1-4H,9H2. The minimum Gasteiger partial charge on any atom is -0.268 e. The summed E-state index contributed by atoms with van der Waals surface area (Å²) < 4.78 is 0. The largest absolute Gasteiger partial charge is 0.275 e. The minimum atomic E-state index is -0.810. The first-order valence-corrected chi connectivity index (χ1v) is 11.8. The van der Waals surface area contributed by atoms with Crippen LogP contribution in [0.15, 0.2) is 97.1 Å². The number of aryl methyl sites for hydroxylation is 2. The molecule has 0 unspecified atom stereocenters. The number of hydrazine groups is 2. The lowest BCUT2D eigenvalue weighted by Gasteiger charge is -2.37. The Bertz CT molecular complexity index is 1450. The molecule has 2 aliphatic heterocycles. The average Bonchev–Trinajstić information content (AvgIpc) is 3.28. The van der Waals surface area contributed by atoms with Crippen molar-refractivity contribution < 1.29 is 14.4 Å². The molecule has 184 valence electrons. The van der Waals surface area contributed by atoms with Gasteiger partial charge in [0, 0.05) is 11.1 Å². The highest BCUT2D eigenvalue weighted by atomic mass is 16.2. The lowest BCUT2D eigenvalue weighted by Crippen LogP contribution is -2.50. The van der Waals surface area contributed by atoms with Gasteiger partial charge in [-0.15, -0.1) is 0 Å². The first-order chi connectivity index (χ1) is 17.8. The monoisotopic (exact) mass is 490 g/mol. The third-order valence-corrected chi connectivity index (χ3v) is 6.89. The zero-order valence-corrected chi connectivity index (χ0v) is 20.5. The van der Waals surface area contributed by atoms with Crippen LogP contribution in [0, 0.1) is 13.8 Å². The van der Waals surface area contributed by atoms with Gasteiger partial charge in [-0.3, -0.25) is 19.4 Å². The fourth-order valence-corrected chi connectivity index (χ4v) is 4.95. The third kappa shape index (κ3) is 3.72. The second-order valence-electron chi connectivity index (χ2n) is 9.19. The van der Waals surface area contributed by atoms with E-state index in [1.54, 1.807) is 24.3 Å². The van der Waals surface area contributed by atoms with E-state index in [-0.39, 0.29) is 5.91 Å². The van der Waals surface area contributed by atoms with Gasteiger partial charge in [0.15, 0.2) is 0 Å². The van der Waals surface area contributed by atoms with Crippen LogP contribution in [0.3, 0.4) is 0 Å². The minimum absolute atomic E-state index is 0.156. The van der Waals surface area contributed by atoms with Crippen LogP contribution in [-0.4, -0.2) is 27.7 Å². The summed E-state index contributed by atoms with van der Waals surface area (Å²) in [7, 11) is 0. The van der Waals surface area contributed by atoms with Gasteiger partial charge in [0.1, 0.15) is 5.54 Å². The molecule has 4 aromatic carbocycles. The highest BCUT2D eigenvalue weighted by Crippen LogP contribution is 2.47. The summed E-state index contributed by atoms with van der Waals surface area (Å²) >= 11 is 0. The summed E-state index contributed by atoms with van der Waals surface area (Å²) in [5.74, 6) is 10.6. The Labute approximate surface area is 214 Å². The molecule has 0 bridgehead atoms. The molecule has 0 atom stereocenters. The normalized spacial score (nSPS) is 15.3. The number of benzene rings is 4. The van der Waals surface area contributed by atoms with Crippen LogP contribution in [0.1, 0.15) is 58.9 Å². The Morgan fingerprint density at radius 3 is 1.41 bits per heavy atom.